The zero-order valence-electron chi connectivity index (χ0n) is 12.7. The third-order valence-electron chi connectivity index (χ3n) is 3.55. The Labute approximate surface area is 129 Å². The first-order chi connectivity index (χ1) is 9.93. The van der Waals surface area contributed by atoms with Gasteiger partial charge in [-0.3, -0.25) is 4.79 Å². The summed E-state index contributed by atoms with van der Waals surface area (Å²) in [6, 6.07) is 5.73. The minimum absolute atomic E-state index is 0.0386. The number of pyridine rings is 1. The van der Waals surface area contributed by atoms with Crippen molar-refractivity contribution in [1.82, 2.24) is 9.55 Å². The standard InChI is InChI=1S/C16H19ClN2O2/c1-10-7-14(16(20)11(2)17)12(3)19(10)9-13-5-6-18-15(8-13)21-4/h5-8,11H,9H2,1-4H3. The van der Waals surface area contributed by atoms with E-state index >= 15 is 0 Å². The normalized spacial score (nSPS) is 12.2. The molecule has 0 aliphatic carbocycles. The molecule has 21 heavy (non-hydrogen) atoms. The zero-order chi connectivity index (χ0) is 15.6. The molecule has 0 aliphatic rings. The van der Waals surface area contributed by atoms with E-state index in [9.17, 15) is 4.79 Å². The fourth-order valence-corrected chi connectivity index (χ4v) is 2.47. The Kier molecular flexibility index (Phi) is 4.68. The van der Waals surface area contributed by atoms with E-state index in [1.165, 1.54) is 0 Å². The molecule has 0 N–H and O–H groups in total. The number of halogens is 1. The predicted octanol–water partition coefficient (Wildman–Crippen LogP) is 3.37. The maximum Gasteiger partial charge on any atom is 0.213 e. The number of ketones is 1. The van der Waals surface area contributed by atoms with Crippen LogP contribution in [0.25, 0.3) is 0 Å². The van der Waals surface area contributed by atoms with E-state index in [-0.39, 0.29) is 5.78 Å². The molecule has 5 heteroatoms. The number of methoxy groups -OCH3 is 1. The highest BCUT2D eigenvalue weighted by atomic mass is 35.5. The van der Waals surface area contributed by atoms with Crippen LogP contribution in [0.4, 0.5) is 0 Å². The van der Waals surface area contributed by atoms with Crippen LogP contribution in [0.1, 0.15) is 34.2 Å². The SMILES string of the molecule is COc1cc(Cn2c(C)cc(C(=O)C(C)Cl)c2C)ccn1. The molecular weight excluding hydrogens is 288 g/mol. The topological polar surface area (TPSA) is 44.1 Å². The van der Waals surface area contributed by atoms with Crippen molar-refractivity contribution in [3.05, 3.63) is 46.9 Å². The van der Waals surface area contributed by atoms with Gasteiger partial charge < -0.3 is 9.30 Å². The molecule has 0 aliphatic heterocycles. The van der Waals surface area contributed by atoms with Crippen LogP contribution in [0.5, 0.6) is 5.88 Å². The van der Waals surface area contributed by atoms with Crippen molar-refractivity contribution in [2.45, 2.75) is 32.7 Å². The highest BCUT2D eigenvalue weighted by Crippen LogP contribution is 2.20. The minimum atomic E-state index is -0.514. The van der Waals surface area contributed by atoms with Gasteiger partial charge in [0, 0.05) is 35.8 Å². The largest absolute Gasteiger partial charge is 0.481 e. The molecule has 2 aromatic rings. The van der Waals surface area contributed by atoms with Gasteiger partial charge in [0.2, 0.25) is 5.88 Å². The van der Waals surface area contributed by atoms with E-state index in [4.69, 9.17) is 16.3 Å². The molecule has 0 aromatic carbocycles. The summed E-state index contributed by atoms with van der Waals surface area (Å²) in [5.41, 5.74) is 3.72. The van der Waals surface area contributed by atoms with E-state index < -0.39 is 5.38 Å². The maximum absolute atomic E-state index is 12.1. The van der Waals surface area contributed by atoms with Crippen LogP contribution in [0, 0.1) is 13.8 Å². The lowest BCUT2D eigenvalue weighted by Crippen LogP contribution is -2.12. The van der Waals surface area contributed by atoms with Gasteiger partial charge in [0.15, 0.2) is 5.78 Å². The van der Waals surface area contributed by atoms with Gasteiger partial charge in [-0.05, 0) is 38.5 Å². The lowest BCUT2D eigenvalue weighted by molar-refractivity contribution is 0.0991. The average molecular weight is 307 g/mol. The third kappa shape index (κ3) is 3.27. The number of carbonyl (C=O) groups excluding carboxylic acids is 1. The van der Waals surface area contributed by atoms with Gasteiger partial charge in [-0.15, -0.1) is 11.6 Å². The third-order valence-corrected chi connectivity index (χ3v) is 3.75. The molecule has 0 radical (unpaired) electrons. The molecule has 2 rings (SSSR count). The number of rotatable bonds is 5. The Bertz CT molecular complexity index is 662. The van der Waals surface area contributed by atoms with Gasteiger partial charge in [0.25, 0.3) is 0 Å². The summed E-state index contributed by atoms with van der Waals surface area (Å²) in [5, 5.41) is -0.514. The summed E-state index contributed by atoms with van der Waals surface area (Å²) in [7, 11) is 1.59. The van der Waals surface area contributed by atoms with E-state index in [0.717, 1.165) is 17.0 Å². The fraction of sp³-hybridized carbons (Fsp3) is 0.375. The summed E-state index contributed by atoms with van der Waals surface area (Å²) in [5.74, 6) is 0.545. The molecule has 4 nitrogen and oxygen atoms in total. The number of alkyl halides is 1. The van der Waals surface area contributed by atoms with Crippen LogP contribution in [-0.4, -0.2) is 27.8 Å². The highest BCUT2D eigenvalue weighted by Gasteiger charge is 2.19. The summed E-state index contributed by atoms with van der Waals surface area (Å²) in [6.45, 7) is 6.29. The molecular formula is C16H19ClN2O2. The first-order valence-electron chi connectivity index (χ1n) is 6.78. The van der Waals surface area contributed by atoms with Crippen LogP contribution >= 0.6 is 11.6 Å². The van der Waals surface area contributed by atoms with Crippen LogP contribution < -0.4 is 4.74 Å². The lowest BCUT2D eigenvalue weighted by atomic mass is 10.1. The van der Waals surface area contributed by atoms with Crippen molar-refractivity contribution in [2.75, 3.05) is 7.11 Å². The van der Waals surface area contributed by atoms with Crippen molar-refractivity contribution < 1.29 is 9.53 Å². The molecule has 0 saturated carbocycles. The quantitative estimate of drug-likeness (QED) is 0.628. The highest BCUT2D eigenvalue weighted by molar-refractivity contribution is 6.33. The number of hydrogen-bond acceptors (Lipinski definition) is 3. The Balaban J connectivity index is 2.34. The molecule has 0 fully saturated rings. The van der Waals surface area contributed by atoms with Gasteiger partial charge in [-0.25, -0.2) is 4.98 Å². The maximum atomic E-state index is 12.1. The second-order valence-corrected chi connectivity index (χ2v) is 5.71. The Morgan fingerprint density at radius 1 is 1.43 bits per heavy atom. The molecule has 0 bridgehead atoms. The van der Waals surface area contributed by atoms with E-state index in [0.29, 0.717) is 18.0 Å². The molecule has 2 aromatic heterocycles. The van der Waals surface area contributed by atoms with Crippen molar-refractivity contribution in [3.8, 4) is 5.88 Å². The molecule has 0 saturated heterocycles. The van der Waals surface area contributed by atoms with Gasteiger partial charge >= 0.3 is 0 Å². The number of aryl methyl sites for hydroxylation is 1. The van der Waals surface area contributed by atoms with Gasteiger partial charge in [0.1, 0.15) is 0 Å². The van der Waals surface area contributed by atoms with Crippen LogP contribution in [-0.2, 0) is 6.54 Å². The smallest absolute Gasteiger partial charge is 0.213 e. The summed E-state index contributed by atoms with van der Waals surface area (Å²) in [4.78, 5) is 16.2. The average Bonchev–Trinajstić information content (AvgIpc) is 2.74. The first-order valence-corrected chi connectivity index (χ1v) is 7.21. The molecule has 112 valence electrons. The molecule has 2 heterocycles. The second kappa shape index (κ2) is 6.31. The summed E-state index contributed by atoms with van der Waals surface area (Å²) in [6.07, 6.45) is 1.72. The van der Waals surface area contributed by atoms with Gasteiger partial charge in [0.05, 0.1) is 12.5 Å². The molecule has 1 atom stereocenters. The lowest BCUT2D eigenvalue weighted by Gasteiger charge is -2.11. The molecule has 0 amide bonds. The number of aromatic nitrogens is 2. The van der Waals surface area contributed by atoms with Crippen LogP contribution in [0.15, 0.2) is 24.4 Å². The minimum Gasteiger partial charge on any atom is -0.481 e. The Hall–Kier alpha value is -1.81. The number of carbonyl (C=O) groups is 1. The van der Waals surface area contributed by atoms with E-state index in [1.54, 1.807) is 20.2 Å². The van der Waals surface area contributed by atoms with Crippen molar-refractivity contribution in [1.29, 1.82) is 0 Å². The van der Waals surface area contributed by atoms with Crippen molar-refractivity contribution in [2.24, 2.45) is 0 Å². The number of nitrogens with zero attached hydrogens (tertiary/aromatic N) is 2. The van der Waals surface area contributed by atoms with E-state index in [1.807, 2.05) is 32.0 Å². The predicted molar refractivity (Wildman–Crippen MR) is 83.4 cm³/mol. The zero-order valence-corrected chi connectivity index (χ0v) is 13.4. The Morgan fingerprint density at radius 3 is 2.76 bits per heavy atom. The number of hydrogen-bond donors (Lipinski definition) is 0. The van der Waals surface area contributed by atoms with Crippen molar-refractivity contribution in [3.63, 3.8) is 0 Å². The summed E-state index contributed by atoms with van der Waals surface area (Å²) >= 11 is 5.91. The van der Waals surface area contributed by atoms with Gasteiger partial charge in [-0.1, -0.05) is 0 Å². The fourth-order valence-electron chi connectivity index (χ4n) is 2.35. The van der Waals surface area contributed by atoms with Crippen molar-refractivity contribution >= 4 is 17.4 Å². The molecule has 1 unspecified atom stereocenters. The second-order valence-electron chi connectivity index (χ2n) is 5.06. The first kappa shape index (κ1) is 15.6. The Morgan fingerprint density at radius 2 is 2.14 bits per heavy atom. The molecule has 0 spiro atoms. The monoisotopic (exact) mass is 306 g/mol. The van der Waals surface area contributed by atoms with Crippen LogP contribution in [0.2, 0.25) is 0 Å². The summed E-state index contributed by atoms with van der Waals surface area (Å²) < 4.78 is 7.23. The number of Topliss-reactive ketones (excluding diaryl/α,β-unsaturated/α-hetero) is 1. The number of ether oxygens (including phenoxy) is 1. The van der Waals surface area contributed by atoms with E-state index in [2.05, 4.69) is 9.55 Å². The van der Waals surface area contributed by atoms with Gasteiger partial charge in [-0.2, -0.15) is 0 Å². The van der Waals surface area contributed by atoms with Crippen LogP contribution in [0.3, 0.4) is 0 Å².